The molecule has 0 aliphatic rings. The van der Waals surface area contributed by atoms with Gasteiger partial charge in [0.1, 0.15) is 18.1 Å². The molecule has 158 valence electrons. The molecule has 31 heavy (non-hydrogen) atoms. The first-order valence-electron chi connectivity index (χ1n) is 9.72. The standard InChI is InChI=1S/C23H21BrN4O3/c1-15-21(16(2)31-27-15)14-30-20-5-3-4-18(12-20)23(29)25-22-10-11-28(26-22)13-17-6-8-19(24)9-7-17/h3-12H,13-14H2,1-2H3,(H,25,26,29). The second-order valence-corrected chi connectivity index (χ2v) is 8.01. The molecule has 0 aliphatic heterocycles. The Hall–Kier alpha value is -3.39. The van der Waals surface area contributed by atoms with Crippen molar-refractivity contribution in [2.75, 3.05) is 5.32 Å². The summed E-state index contributed by atoms with van der Waals surface area (Å²) in [6, 6.07) is 16.8. The van der Waals surface area contributed by atoms with Gasteiger partial charge in [-0.15, -0.1) is 0 Å². The third-order valence-electron chi connectivity index (χ3n) is 4.80. The van der Waals surface area contributed by atoms with Crippen molar-refractivity contribution in [3.8, 4) is 5.75 Å². The molecule has 0 unspecified atom stereocenters. The first kappa shape index (κ1) is 20.9. The molecule has 0 aliphatic carbocycles. The third-order valence-corrected chi connectivity index (χ3v) is 5.33. The van der Waals surface area contributed by atoms with Crippen LogP contribution in [0.25, 0.3) is 0 Å². The van der Waals surface area contributed by atoms with Crippen LogP contribution >= 0.6 is 15.9 Å². The van der Waals surface area contributed by atoms with Crippen molar-refractivity contribution < 1.29 is 14.1 Å². The number of ether oxygens (including phenoxy) is 1. The van der Waals surface area contributed by atoms with Gasteiger partial charge in [-0.25, -0.2) is 0 Å². The fourth-order valence-corrected chi connectivity index (χ4v) is 3.34. The molecular weight excluding hydrogens is 460 g/mol. The summed E-state index contributed by atoms with van der Waals surface area (Å²) >= 11 is 3.43. The van der Waals surface area contributed by atoms with Gasteiger partial charge in [-0.3, -0.25) is 9.48 Å². The number of aromatic nitrogens is 3. The topological polar surface area (TPSA) is 82.2 Å². The number of anilines is 1. The summed E-state index contributed by atoms with van der Waals surface area (Å²) in [6.45, 7) is 4.66. The largest absolute Gasteiger partial charge is 0.489 e. The number of carbonyl (C=O) groups excluding carboxylic acids is 1. The fourth-order valence-electron chi connectivity index (χ4n) is 3.07. The highest BCUT2D eigenvalue weighted by molar-refractivity contribution is 9.10. The summed E-state index contributed by atoms with van der Waals surface area (Å²) in [5, 5.41) is 11.2. The monoisotopic (exact) mass is 480 g/mol. The predicted octanol–water partition coefficient (Wildman–Crippen LogP) is 5.13. The van der Waals surface area contributed by atoms with Crippen LogP contribution in [-0.4, -0.2) is 20.8 Å². The number of rotatable bonds is 7. The second kappa shape index (κ2) is 9.18. The Bertz CT molecular complexity index is 1180. The van der Waals surface area contributed by atoms with Crippen LogP contribution in [0.2, 0.25) is 0 Å². The molecule has 7 nitrogen and oxygen atoms in total. The average molecular weight is 481 g/mol. The van der Waals surface area contributed by atoms with E-state index in [9.17, 15) is 4.79 Å². The highest BCUT2D eigenvalue weighted by atomic mass is 79.9. The smallest absolute Gasteiger partial charge is 0.256 e. The molecule has 0 spiro atoms. The van der Waals surface area contributed by atoms with E-state index in [2.05, 4.69) is 31.5 Å². The lowest BCUT2D eigenvalue weighted by atomic mass is 10.2. The van der Waals surface area contributed by atoms with Crippen LogP contribution in [0.1, 0.15) is 32.9 Å². The van der Waals surface area contributed by atoms with Crippen molar-refractivity contribution in [2.24, 2.45) is 0 Å². The van der Waals surface area contributed by atoms with E-state index in [0.717, 1.165) is 27.1 Å². The van der Waals surface area contributed by atoms with Gasteiger partial charge in [-0.1, -0.05) is 39.3 Å². The van der Waals surface area contributed by atoms with Crippen molar-refractivity contribution in [2.45, 2.75) is 27.0 Å². The number of aryl methyl sites for hydroxylation is 2. The van der Waals surface area contributed by atoms with E-state index in [1.165, 1.54) is 0 Å². The van der Waals surface area contributed by atoms with E-state index >= 15 is 0 Å². The quantitative estimate of drug-likeness (QED) is 0.396. The Morgan fingerprint density at radius 3 is 2.71 bits per heavy atom. The van der Waals surface area contributed by atoms with Crippen LogP contribution in [0.3, 0.4) is 0 Å². The van der Waals surface area contributed by atoms with Gasteiger partial charge in [0.25, 0.3) is 5.91 Å². The third kappa shape index (κ3) is 5.21. The highest BCUT2D eigenvalue weighted by Crippen LogP contribution is 2.19. The Morgan fingerprint density at radius 1 is 1.16 bits per heavy atom. The minimum Gasteiger partial charge on any atom is -0.489 e. The lowest BCUT2D eigenvalue weighted by Gasteiger charge is -2.08. The van der Waals surface area contributed by atoms with E-state index in [1.54, 1.807) is 28.9 Å². The van der Waals surface area contributed by atoms with Gasteiger partial charge in [0, 0.05) is 22.3 Å². The molecule has 1 N–H and O–H groups in total. The van der Waals surface area contributed by atoms with Gasteiger partial charge in [0.15, 0.2) is 5.82 Å². The Labute approximate surface area is 188 Å². The number of nitrogens with one attached hydrogen (secondary N) is 1. The Morgan fingerprint density at radius 2 is 1.97 bits per heavy atom. The van der Waals surface area contributed by atoms with Gasteiger partial charge in [-0.2, -0.15) is 5.10 Å². The van der Waals surface area contributed by atoms with Crippen LogP contribution in [0.4, 0.5) is 5.82 Å². The summed E-state index contributed by atoms with van der Waals surface area (Å²) in [4.78, 5) is 12.7. The number of hydrogen-bond donors (Lipinski definition) is 1. The highest BCUT2D eigenvalue weighted by Gasteiger charge is 2.12. The SMILES string of the molecule is Cc1noc(C)c1COc1cccc(C(=O)Nc2ccn(Cc3ccc(Br)cc3)n2)c1. The van der Waals surface area contributed by atoms with Gasteiger partial charge >= 0.3 is 0 Å². The van der Waals surface area contributed by atoms with Crippen molar-refractivity contribution in [3.05, 3.63) is 93.4 Å². The number of halogens is 1. The molecule has 0 radical (unpaired) electrons. The Kier molecular flexibility index (Phi) is 6.18. The van der Waals surface area contributed by atoms with Crippen molar-refractivity contribution in [1.29, 1.82) is 0 Å². The molecule has 1 amide bonds. The van der Waals surface area contributed by atoms with Crippen LogP contribution < -0.4 is 10.1 Å². The van der Waals surface area contributed by atoms with Crippen LogP contribution in [0, 0.1) is 13.8 Å². The van der Waals surface area contributed by atoms with E-state index in [-0.39, 0.29) is 5.91 Å². The zero-order valence-corrected chi connectivity index (χ0v) is 18.7. The lowest BCUT2D eigenvalue weighted by molar-refractivity contribution is 0.102. The van der Waals surface area contributed by atoms with Crippen LogP contribution in [0.15, 0.2) is 69.8 Å². The van der Waals surface area contributed by atoms with E-state index < -0.39 is 0 Å². The van der Waals surface area contributed by atoms with Crippen molar-refractivity contribution >= 4 is 27.7 Å². The minimum absolute atomic E-state index is 0.253. The average Bonchev–Trinajstić information content (AvgIpc) is 3.34. The maximum absolute atomic E-state index is 12.7. The fraction of sp³-hybridized carbons (Fsp3) is 0.174. The molecular formula is C23H21BrN4O3. The van der Waals surface area contributed by atoms with Gasteiger partial charge in [0.05, 0.1) is 17.8 Å². The molecule has 4 rings (SSSR count). The maximum Gasteiger partial charge on any atom is 0.256 e. The summed E-state index contributed by atoms with van der Waals surface area (Å²) in [6.07, 6.45) is 1.83. The van der Waals surface area contributed by atoms with E-state index in [4.69, 9.17) is 9.26 Å². The molecule has 2 aromatic carbocycles. The van der Waals surface area contributed by atoms with Crippen LogP contribution in [0.5, 0.6) is 5.75 Å². The van der Waals surface area contributed by atoms with E-state index in [0.29, 0.717) is 30.3 Å². The summed E-state index contributed by atoms with van der Waals surface area (Å²) in [5.74, 6) is 1.55. The van der Waals surface area contributed by atoms with Gasteiger partial charge in [-0.05, 0) is 49.7 Å². The van der Waals surface area contributed by atoms with E-state index in [1.807, 2.05) is 50.4 Å². The number of carbonyl (C=O) groups is 1. The zero-order valence-electron chi connectivity index (χ0n) is 17.1. The van der Waals surface area contributed by atoms with Crippen molar-refractivity contribution in [3.63, 3.8) is 0 Å². The predicted molar refractivity (Wildman–Crippen MR) is 120 cm³/mol. The minimum atomic E-state index is -0.253. The summed E-state index contributed by atoms with van der Waals surface area (Å²) < 4.78 is 13.8. The molecule has 8 heteroatoms. The number of amides is 1. The molecule has 0 bridgehead atoms. The first-order chi connectivity index (χ1) is 15.0. The molecule has 0 fully saturated rings. The zero-order chi connectivity index (χ0) is 21.8. The molecule has 2 aromatic heterocycles. The maximum atomic E-state index is 12.7. The summed E-state index contributed by atoms with van der Waals surface area (Å²) in [7, 11) is 0. The first-order valence-corrected chi connectivity index (χ1v) is 10.5. The van der Waals surface area contributed by atoms with Gasteiger partial charge < -0.3 is 14.6 Å². The summed E-state index contributed by atoms with van der Waals surface area (Å²) in [5.41, 5.74) is 3.31. The second-order valence-electron chi connectivity index (χ2n) is 7.10. The molecule has 2 heterocycles. The number of hydrogen-bond acceptors (Lipinski definition) is 5. The normalized spacial score (nSPS) is 10.8. The molecule has 0 atom stereocenters. The lowest BCUT2D eigenvalue weighted by Crippen LogP contribution is -2.13. The van der Waals surface area contributed by atoms with Crippen molar-refractivity contribution in [1.82, 2.24) is 14.9 Å². The molecule has 0 saturated heterocycles. The Balaban J connectivity index is 1.38. The molecule has 4 aromatic rings. The van der Waals surface area contributed by atoms with Gasteiger partial charge in [0.2, 0.25) is 0 Å². The number of benzene rings is 2. The molecule has 0 saturated carbocycles. The number of nitrogens with zero attached hydrogens (tertiary/aromatic N) is 3. The van der Waals surface area contributed by atoms with Crippen LogP contribution in [-0.2, 0) is 13.2 Å².